The first-order valence-corrected chi connectivity index (χ1v) is 6.67. The lowest BCUT2D eigenvalue weighted by molar-refractivity contribution is 0.135. The van der Waals surface area contributed by atoms with Gasteiger partial charge in [-0.25, -0.2) is 0 Å². The predicted molar refractivity (Wildman–Crippen MR) is 67.6 cm³/mol. The fraction of sp³-hybridized carbons (Fsp3) is 0.583. The van der Waals surface area contributed by atoms with Crippen molar-refractivity contribution in [3.63, 3.8) is 0 Å². The van der Waals surface area contributed by atoms with E-state index in [4.69, 9.17) is 16.9 Å². The lowest BCUT2D eigenvalue weighted by Gasteiger charge is -2.38. The lowest BCUT2D eigenvalue weighted by Crippen LogP contribution is -2.39. The van der Waals surface area contributed by atoms with Crippen LogP contribution in [0.1, 0.15) is 24.1 Å². The van der Waals surface area contributed by atoms with Crippen molar-refractivity contribution < 1.29 is 0 Å². The summed E-state index contributed by atoms with van der Waals surface area (Å²) in [6.07, 6.45) is 3.31. The van der Waals surface area contributed by atoms with Crippen molar-refractivity contribution in [2.24, 2.45) is 5.41 Å². The van der Waals surface area contributed by atoms with Crippen molar-refractivity contribution in [1.29, 1.82) is 5.26 Å². The zero-order valence-electron chi connectivity index (χ0n) is 9.37. The van der Waals surface area contributed by atoms with Gasteiger partial charge in [-0.15, -0.1) is 11.3 Å². The minimum Gasteiger partial charge on any atom is -0.300 e. The fourth-order valence-corrected chi connectivity index (χ4v) is 3.35. The van der Waals surface area contributed by atoms with E-state index >= 15 is 0 Å². The van der Waals surface area contributed by atoms with E-state index < -0.39 is 0 Å². The van der Waals surface area contributed by atoms with E-state index in [1.165, 1.54) is 11.3 Å². The minimum atomic E-state index is -0.0736. The first kappa shape index (κ1) is 11.9. The Morgan fingerprint density at radius 2 is 2.31 bits per heavy atom. The van der Waals surface area contributed by atoms with Gasteiger partial charge < -0.3 is 0 Å². The molecule has 0 atom stereocenters. The van der Waals surface area contributed by atoms with Gasteiger partial charge in [0.2, 0.25) is 0 Å². The summed E-state index contributed by atoms with van der Waals surface area (Å²) in [5.74, 6) is 0. The average Bonchev–Trinajstić information content (AvgIpc) is 2.57. The van der Waals surface area contributed by atoms with E-state index in [0.29, 0.717) is 0 Å². The molecule has 1 heterocycles. The highest BCUT2D eigenvalue weighted by Gasteiger charge is 2.37. The molecule has 1 aliphatic rings. The van der Waals surface area contributed by atoms with Crippen molar-refractivity contribution in [1.82, 2.24) is 4.90 Å². The maximum atomic E-state index is 9.16. The quantitative estimate of drug-likeness (QED) is 0.822. The zero-order chi connectivity index (χ0) is 11.6. The van der Waals surface area contributed by atoms with Crippen LogP contribution in [-0.2, 0) is 6.54 Å². The SMILES string of the molecule is CN(Cc1ccc(Cl)s1)CC1(C#N)CCC1. The number of thiophene rings is 1. The van der Waals surface area contributed by atoms with Crippen LogP contribution in [0.15, 0.2) is 12.1 Å². The van der Waals surface area contributed by atoms with Gasteiger partial charge in [-0.3, -0.25) is 4.90 Å². The number of nitrogens with zero attached hydrogens (tertiary/aromatic N) is 2. The molecule has 2 rings (SSSR count). The van der Waals surface area contributed by atoms with Crippen LogP contribution in [0.2, 0.25) is 4.34 Å². The van der Waals surface area contributed by atoms with E-state index in [-0.39, 0.29) is 5.41 Å². The topological polar surface area (TPSA) is 27.0 Å². The van der Waals surface area contributed by atoms with Crippen LogP contribution in [0.4, 0.5) is 0 Å². The summed E-state index contributed by atoms with van der Waals surface area (Å²) in [5.41, 5.74) is -0.0736. The van der Waals surface area contributed by atoms with Crippen LogP contribution in [0.25, 0.3) is 0 Å². The molecule has 0 bridgehead atoms. The largest absolute Gasteiger partial charge is 0.300 e. The molecule has 0 N–H and O–H groups in total. The smallest absolute Gasteiger partial charge is 0.0931 e. The second-order valence-electron chi connectivity index (χ2n) is 4.62. The van der Waals surface area contributed by atoms with Gasteiger partial charge in [0.15, 0.2) is 0 Å². The molecule has 2 nitrogen and oxygen atoms in total. The Bertz CT molecular complexity index is 403. The van der Waals surface area contributed by atoms with Gasteiger partial charge in [-0.2, -0.15) is 5.26 Å². The summed E-state index contributed by atoms with van der Waals surface area (Å²) in [6, 6.07) is 6.46. The molecule has 86 valence electrons. The Balaban J connectivity index is 1.89. The standard InChI is InChI=1S/C12H15ClN2S/c1-15(7-10-3-4-11(13)16-10)9-12(8-14)5-2-6-12/h3-4H,2,5-7,9H2,1H3. The third-order valence-electron chi connectivity index (χ3n) is 3.18. The Morgan fingerprint density at radius 1 is 1.56 bits per heavy atom. The van der Waals surface area contributed by atoms with Crippen molar-refractivity contribution in [2.75, 3.05) is 13.6 Å². The number of nitriles is 1. The Kier molecular flexibility index (Phi) is 3.53. The summed E-state index contributed by atoms with van der Waals surface area (Å²) < 4.78 is 0.835. The van der Waals surface area contributed by atoms with Crippen molar-refractivity contribution >= 4 is 22.9 Å². The molecule has 1 aromatic rings. The van der Waals surface area contributed by atoms with Crippen LogP contribution in [0.5, 0.6) is 0 Å². The highest BCUT2D eigenvalue weighted by Crippen LogP contribution is 2.40. The summed E-state index contributed by atoms with van der Waals surface area (Å²) in [6.45, 7) is 1.76. The van der Waals surface area contributed by atoms with Gasteiger partial charge in [0.1, 0.15) is 0 Å². The minimum absolute atomic E-state index is 0.0736. The molecule has 16 heavy (non-hydrogen) atoms. The second-order valence-corrected chi connectivity index (χ2v) is 6.42. The number of hydrogen-bond acceptors (Lipinski definition) is 3. The molecule has 0 amide bonds. The molecule has 4 heteroatoms. The maximum absolute atomic E-state index is 9.16. The first-order valence-electron chi connectivity index (χ1n) is 5.48. The normalized spacial score (nSPS) is 18.1. The van der Waals surface area contributed by atoms with Gasteiger partial charge in [0, 0.05) is 18.0 Å². The average molecular weight is 255 g/mol. The molecule has 0 spiro atoms. The van der Waals surface area contributed by atoms with Gasteiger partial charge in [0.25, 0.3) is 0 Å². The van der Waals surface area contributed by atoms with Gasteiger partial charge >= 0.3 is 0 Å². The van der Waals surface area contributed by atoms with Crippen molar-refractivity contribution in [2.45, 2.75) is 25.8 Å². The van der Waals surface area contributed by atoms with Crippen LogP contribution < -0.4 is 0 Å². The van der Waals surface area contributed by atoms with Crippen LogP contribution in [-0.4, -0.2) is 18.5 Å². The highest BCUT2D eigenvalue weighted by atomic mass is 35.5. The van der Waals surface area contributed by atoms with Crippen LogP contribution >= 0.6 is 22.9 Å². The third kappa shape index (κ3) is 2.57. The summed E-state index contributed by atoms with van der Waals surface area (Å²) >= 11 is 7.51. The van der Waals surface area contributed by atoms with E-state index in [2.05, 4.69) is 24.1 Å². The van der Waals surface area contributed by atoms with Crippen LogP contribution in [0, 0.1) is 16.7 Å². The number of halogens is 1. The molecule has 0 aliphatic heterocycles. The molecular formula is C12H15ClN2S. The Morgan fingerprint density at radius 3 is 2.75 bits per heavy atom. The molecular weight excluding hydrogens is 240 g/mol. The fourth-order valence-electron chi connectivity index (χ4n) is 2.18. The van der Waals surface area contributed by atoms with Crippen molar-refractivity contribution in [3.8, 4) is 6.07 Å². The van der Waals surface area contributed by atoms with Gasteiger partial charge in [-0.1, -0.05) is 18.0 Å². The molecule has 0 unspecified atom stereocenters. The molecule has 0 radical (unpaired) electrons. The molecule has 1 fully saturated rings. The highest BCUT2D eigenvalue weighted by molar-refractivity contribution is 7.16. The van der Waals surface area contributed by atoms with Crippen molar-refractivity contribution in [3.05, 3.63) is 21.3 Å². The Labute approximate surface area is 105 Å². The van der Waals surface area contributed by atoms with E-state index in [0.717, 1.165) is 30.3 Å². The molecule has 0 aromatic carbocycles. The second kappa shape index (κ2) is 4.75. The number of hydrogen-bond donors (Lipinski definition) is 0. The van der Waals surface area contributed by atoms with Gasteiger partial charge in [0.05, 0.1) is 15.8 Å². The maximum Gasteiger partial charge on any atom is 0.0931 e. The van der Waals surface area contributed by atoms with E-state index in [1.807, 2.05) is 6.07 Å². The molecule has 1 aliphatic carbocycles. The Hall–Kier alpha value is -0.560. The molecule has 1 aromatic heterocycles. The van der Waals surface area contributed by atoms with Crippen LogP contribution in [0.3, 0.4) is 0 Å². The lowest BCUT2D eigenvalue weighted by atomic mass is 9.70. The third-order valence-corrected chi connectivity index (χ3v) is 4.39. The number of rotatable bonds is 4. The van der Waals surface area contributed by atoms with E-state index in [1.54, 1.807) is 11.3 Å². The predicted octanol–water partition coefficient (Wildman–Crippen LogP) is 3.53. The molecule has 1 saturated carbocycles. The summed E-state index contributed by atoms with van der Waals surface area (Å²) in [7, 11) is 2.07. The van der Waals surface area contributed by atoms with E-state index in [9.17, 15) is 0 Å². The van der Waals surface area contributed by atoms with Gasteiger partial charge in [-0.05, 0) is 32.0 Å². The zero-order valence-corrected chi connectivity index (χ0v) is 10.9. The summed E-state index contributed by atoms with van der Waals surface area (Å²) in [4.78, 5) is 3.49. The first-order chi connectivity index (χ1) is 7.63. The monoisotopic (exact) mass is 254 g/mol. The summed E-state index contributed by atoms with van der Waals surface area (Å²) in [5, 5.41) is 9.16. The molecule has 0 saturated heterocycles.